The maximum Gasteiger partial charge on any atom is 0.310 e. The molecule has 1 aliphatic carbocycles. The van der Waals surface area contributed by atoms with E-state index in [4.69, 9.17) is 18.6 Å². The molecule has 2 atom stereocenters. The van der Waals surface area contributed by atoms with Crippen LogP contribution in [0.3, 0.4) is 0 Å². The van der Waals surface area contributed by atoms with E-state index < -0.39 is 0 Å². The first-order valence-corrected chi connectivity index (χ1v) is 7.72. The summed E-state index contributed by atoms with van der Waals surface area (Å²) in [4.78, 5) is 12.1. The van der Waals surface area contributed by atoms with Crippen LogP contribution in [0.4, 0.5) is 0 Å². The Morgan fingerprint density at radius 2 is 2.17 bits per heavy atom. The Bertz CT molecular complexity index is 662. The van der Waals surface area contributed by atoms with E-state index in [1.807, 2.05) is 37.3 Å². The maximum absolute atomic E-state index is 12.1. The Labute approximate surface area is 135 Å². The Morgan fingerprint density at radius 1 is 1.30 bits per heavy atom. The molecule has 2 unspecified atom stereocenters. The molecule has 5 heteroatoms. The highest BCUT2D eigenvalue weighted by atomic mass is 16.5. The Morgan fingerprint density at radius 3 is 2.87 bits per heavy atom. The lowest BCUT2D eigenvalue weighted by Crippen LogP contribution is -2.08. The van der Waals surface area contributed by atoms with E-state index in [0.717, 1.165) is 17.7 Å². The standard InChI is InChI=1S/C18H20O5/c1-3-21-16-7-6-12(9-17(16)20-2)11-23-18(19)14-10-13(14)15-5-4-8-22-15/h4-9,13-14H,3,10-11H2,1-2H3. The average molecular weight is 316 g/mol. The second-order valence-corrected chi connectivity index (χ2v) is 5.49. The minimum Gasteiger partial charge on any atom is -0.493 e. The van der Waals surface area contributed by atoms with Crippen molar-refractivity contribution in [2.45, 2.75) is 25.9 Å². The minimum atomic E-state index is -0.181. The van der Waals surface area contributed by atoms with Crippen LogP contribution in [0.1, 0.15) is 30.6 Å². The molecule has 0 radical (unpaired) electrons. The molecule has 5 nitrogen and oxygen atoms in total. The van der Waals surface area contributed by atoms with Gasteiger partial charge in [0.1, 0.15) is 12.4 Å². The fraction of sp³-hybridized carbons (Fsp3) is 0.389. The summed E-state index contributed by atoms with van der Waals surface area (Å²) in [6, 6.07) is 9.26. The molecule has 122 valence electrons. The van der Waals surface area contributed by atoms with Crippen LogP contribution < -0.4 is 9.47 Å². The molecule has 1 saturated carbocycles. The summed E-state index contributed by atoms with van der Waals surface area (Å²) in [5.41, 5.74) is 0.869. The van der Waals surface area contributed by atoms with E-state index in [9.17, 15) is 4.79 Å². The molecule has 1 aromatic carbocycles. The molecule has 1 aromatic heterocycles. The van der Waals surface area contributed by atoms with Crippen molar-refractivity contribution in [1.29, 1.82) is 0 Å². The Hall–Kier alpha value is -2.43. The van der Waals surface area contributed by atoms with Gasteiger partial charge < -0.3 is 18.6 Å². The number of ether oxygens (including phenoxy) is 3. The third-order valence-electron chi connectivity index (χ3n) is 3.91. The minimum absolute atomic E-state index is 0.0919. The van der Waals surface area contributed by atoms with Crippen molar-refractivity contribution in [3.05, 3.63) is 47.9 Å². The second-order valence-electron chi connectivity index (χ2n) is 5.49. The third-order valence-corrected chi connectivity index (χ3v) is 3.91. The molecule has 2 aromatic rings. The van der Waals surface area contributed by atoms with E-state index >= 15 is 0 Å². The number of furan rings is 1. The lowest BCUT2D eigenvalue weighted by atomic mass is 10.2. The predicted octanol–water partition coefficient (Wildman–Crippen LogP) is 3.53. The predicted molar refractivity (Wildman–Crippen MR) is 83.5 cm³/mol. The van der Waals surface area contributed by atoms with Crippen LogP contribution in [-0.4, -0.2) is 19.7 Å². The molecule has 0 amide bonds. The van der Waals surface area contributed by atoms with Gasteiger partial charge in [-0.15, -0.1) is 0 Å². The zero-order valence-corrected chi connectivity index (χ0v) is 13.3. The SMILES string of the molecule is CCOc1ccc(COC(=O)C2CC2c2ccco2)cc1OC. The van der Waals surface area contributed by atoms with Gasteiger partial charge in [0.15, 0.2) is 11.5 Å². The molecule has 0 bridgehead atoms. The lowest BCUT2D eigenvalue weighted by molar-refractivity contribution is -0.146. The van der Waals surface area contributed by atoms with E-state index in [-0.39, 0.29) is 24.4 Å². The number of rotatable bonds is 7. The first-order chi connectivity index (χ1) is 11.2. The highest BCUT2D eigenvalue weighted by molar-refractivity contribution is 5.77. The molecule has 0 aliphatic heterocycles. The van der Waals surface area contributed by atoms with Crippen molar-refractivity contribution in [3.8, 4) is 11.5 Å². The monoisotopic (exact) mass is 316 g/mol. The van der Waals surface area contributed by atoms with E-state index in [0.29, 0.717) is 18.1 Å². The molecule has 1 fully saturated rings. The average Bonchev–Trinajstić information content (AvgIpc) is 3.19. The van der Waals surface area contributed by atoms with Crippen LogP contribution in [-0.2, 0) is 16.1 Å². The molecular formula is C18H20O5. The van der Waals surface area contributed by atoms with E-state index in [2.05, 4.69) is 0 Å². The van der Waals surface area contributed by atoms with Gasteiger partial charge in [-0.2, -0.15) is 0 Å². The van der Waals surface area contributed by atoms with Crippen LogP contribution in [0.15, 0.2) is 41.0 Å². The molecule has 0 saturated heterocycles. The fourth-order valence-electron chi connectivity index (χ4n) is 2.61. The highest BCUT2D eigenvalue weighted by Crippen LogP contribution is 2.48. The fourth-order valence-corrected chi connectivity index (χ4v) is 2.61. The topological polar surface area (TPSA) is 57.9 Å². The van der Waals surface area contributed by atoms with Gasteiger partial charge in [0, 0.05) is 5.92 Å². The van der Waals surface area contributed by atoms with Crippen LogP contribution in [0, 0.1) is 5.92 Å². The van der Waals surface area contributed by atoms with Gasteiger partial charge in [0.2, 0.25) is 0 Å². The summed E-state index contributed by atoms with van der Waals surface area (Å²) in [6.07, 6.45) is 2.42. The molecule has 0 spiro atoms. The van der Waals surface area contributed by atoms with Crippen LogP contribution >= 0.6 is 0 Å². The number of carbonyl (C=O) groups excluding carboxylic acids is 1. The van der Waals surface area contributed by atoms with Gasteiger partial charge in [0.05, 0.1) is 25.9 Å². The zero-order chi connectivity index (χ0) is 16.2. The smallest absolute Gasteiger partial charge is 0.310 e. The van der Waals surface area contributed by atoms with Gasteiger partial charge in [-0.25, -0.2) is 0 Å². The second kappa shape index (κ2) is 6.77. The van der Waals surface area contributed by atoms with Crippen molar-refractivity contribution in [3.63, 3.8) is 0 Å². The van der Waals surface area contributed by atoms with Crippen molar-refractivity contribution >= 4 is 5.97 Å². The largest absolute Gasteiger partial charge is 0.493 e. The first kappa shape index (κ1) is 15.5. The number of hydrogen-bond acceptors (Lipinski definition) is 5. The van der Waals surface area contributed by atoms with Crippen molar-refractivity contribution in [2.24, 2.45) is 5.92 Å². The number of hydrogen-bond donors (Lipinski definition) is 0. The molecule has 0 N–H and O–H groups in total. The quantitative estimate of drug-likeness (QED) is 0.731. The molecule has 1 aliphatic rings. The summed E-state index contributed by atoms with van der Waals surface area (Å²) in [5, 5.41) is 0. The molecule has 23 heavy (non-hydrogen) atoms. The molecular weight excluding hydrogens is 296 g/mol. The van der Waals surface area contributed by atoms with E-state index in [1.165, 1.54) is 0 Å². The highest BCUT2D eigenvalue weighted by Gasteiger charge is 2.47. The van der Waals surface area contributed by atoms with Gasteiger partial charge in [0.25, 0.3) is 0 Å². The van der Waals surface area contributed by atoms with Gasteiger partial charge in [-0.05, 0) is 43.2 Å². The summed E-state index contributed by atoms with van der Waals surface area (Å²) >= 11 is 0. The number of esters is 1. The Balaban J connectivity index is 1.55. The number of carbonyl (C=O) groups is 1. The maximum atomic E-state index is 12.1. The van der Waals surface area contributed by atoms with Crippen molar-refractivity contribution in [1.82, 2.24) is 0 Å². The van der Waals surface area contributed by atoms with Gasteiger partial charge in [-0.3, -0.25) is 4.79 Å². The molecule has 1 heterocycles. The summed E-state index contributed by atoms with van der Waals surface area (Å²) in [5.74, 6) is 2.07. The van der Waals surface area contributed by atoms with Crippen LogP contribution in [0.5, 0.6) is 11.5 Å². The molecule has 3 rings (SSSR count). The number of methoxy groups -OCH3 is 1. The van der Waals surface area contributed by atoms with Crippen molar-refractivity contribution in [2.75, 3.05) is 13.7 Å². The Kier molecular flexibility index (Phi) is 4.55. The van der Waals surface area contributed by atoms with Gasteiger partial charge >= 0.3 is 5.97 Å². The summed E-state index contributed by atoms with van der Waals surface area (Å²) in [7, 11) is 1.59. The normalized spacial score (nSPS) is 19.2. The first-order valence-electron chi connectivity index (χ1n) is 7.72. The zero-order valence-electron chi connectivity index (χ0n) is 13.3. The summed E-state index contributed by atoms with van der Waals surface area (Å²) < 4.78 is 21.5. The van der Waals surface area contributed by atoms with Crippen LogP contribution in [0.25, 0.3) is 0 Å². The summed E-state index contributed by atoms with van der Waals surface area (Å²) in [6.45, 7) is 2.71. The number of benzene rings is 1. The third kappa shape index (κ3) is 3.50. The lowest BCUT2D eigenvalue weighted by Gasteiger charge is -2.11. The van der Waals surface area contributed by atoms with Crippen molar-refractivity contribution < 1.29 is 23.4 Å². The van der Waals surface area contributed by atoms with Gasteiger partial charge in [-0.1, -0.05) is 6.07 Å². The van der Waals surface area contributed by atoms with E-state index in [1.54, 1.807) is 13.4 Å². The van der Waals surface area contributed by atoms with Crippen LogP contribution in [0.2, 0.25) is 0 Å².